The molecule has 1 aliphatic heterocycles. The Morgan fingerprint density at radius 1 is 1.26 bits per heavy atom. The molecule has 1 aliphatic rings. The summed E-state index contributed by atoms with van der Waals surface area (Å²) in [5.74, 6) is -0.840. The van der Waals surface area contributed by atoms with Crippen molar-refractivity contribution in [2.75, 3.05) is 13.1 Å². The van der Waals surface area contributed by atoms with Crippen LogP contribution in [-0.4, -0.2) is 52.9 Å². The van der Waals surface area contributed by atoms with Crippen molar-refractivity contribution in [3.63, 3.8) is 0 Å². The molecule has 0 radical (unpaired) electrons. The van der Waals surface area contributed by atoms with Crippen LogP contribution in [0.15, 0.2) is 30.3 Å². The third kappa shape index (κ3) is 7.02. The van der Waals surface area contributed by atoms with Gasteiger partial charge in [0.05, 0.1) is 12.6 Å². The summed E-state index contributed by atoms with van der Waals surface area (Å²) in [6.07, 6.45) is 3.01. The fourth-order valence-electron chi connectivity index (χ4n) is 4.58. The number of ether oxygens (including phenoxy) is 1. The number of quaternary nitrogens is 1. The molecule has 1 aromatic rings. The normalized spacial score (nSPS) is 24.0. The number of rotatable bonds is 12. The van der Waals surface area contributed by atoms with Crippen LogP contribution in [-0.2, 0) is 20.9 Å². The number of hydrogen-bond acceptors (Lipinski definition) is 5. The number of esters is 1. The largest absolute Gasteiger partial charge is 0.480 e. The molecule has 0 amide bonds. The number of benzene rings is 1. The van der Waals surface area contributed by atoms with E-state index in [1.54, 1.807) is 0 Å². The van der Waals surface area contributed by atoms with Gasteiger partial charge < -0.3 is 15.6 Å². The lowest BCUT2D eigenvalue weighted by Crippen LogP contribution is -2.70. The summed E-state index contributed by atoms with van der Waals surface area (Å²) in [5, 5.41) is 9.89. The maximum absolute atomic E-state index is 13.2. The van der Waals surface area contributed by atoms with Gasteiger partial charge in [-0.05, 0) is 23.8 Å². The maximum atomic E-state index is 13.2. The summed E-state index contributed by atoms with van der Waals surface area (Å²) in [6.45, 7) is 9.52. The van der Waals surface area contributed by atoms with Crippen LogP contribution in [0.5, 0.6) is 0 Å². The predicted octanol–water partition coefficient (Wildman–Crippen LogP) is 3.09. The van der Waals surface area contributed by atoms with E-state index < -0.39 is 18.1 Å². The molecule has 7 heteroatoms. The molecular weight excluding hydrogens is 394 g/mol. The van der Waals surface area contributed by atoms with Crippen LogP contribution >= 0.6 is 0 Å². The van der Waals surface area contributed by atoms with E-state index in [0.717, 1.165) is 24.8 Å². The van der Waals surface area contributed by atoms with Gasteiger partial charge in [0.2, 0.25) is 6.04 Å². The first-order valence-electron chi connectivity index (χ1n) is 11.5. The number of hydrogen-bond donors (Lipinski definition) is 3. The number of nitrogens with one attached hydrogen (secondary N) is 1. The number of aliphatic carboxylic acids is 1. The molecule has 0 aromatic heterocycles. The van der Waals surface area contributed by atoms with E-state index in [2.05, 4.69) is 19.3 Å². The number of nitrogens with two attached hydrogens (primary N) is 1. The molecule has 1 unspecified atom stereocenters. The molecule has 5 atom stereocenters. The van der Waals surface area contributed by atoms with Crippen molar-refractivity contribution in [1.82, 2.24) is 5.43 Å². The molecule has 31 heavy (non-hydrogen) atoms. The second-order valence-corrected chi connectivity index (χ2v) is 9.41. The highest BCUT2D eigenvalue weighted by molar-refractivity contribution is 5.75. The third-order valence-electron chi connectivity index (χ3n) is 6.34. The standard InChI is InChI=1S/C24H39N3O4/c1-5-18(4)22(23(28)29)26-27(15-20(25)14-17(2)3)13-9-12-21(27)24(30)31-16-19-10-7-6-8-11-19/h6-8,10-11,17-18,20-22,26H,5,9,12-16,25H2,1-4H3/p+1/t18-,20-,21-,22-,27?/m0/s1. The van der Waals surface area contributed by atoms with Crippen molar-refractivity contribution >= 4 is 11.9 Å². The highest BCUT2D eigenvalue weighted by atomic mass is 16.5. The molecule has 7 nitrogen and oxygen atoms in total. The number of carboxylic acids is 1. The molecule has 174 valence electrons. The van der Waals surface area contributed by atoms with E-state index in [9.17, 15) is 14.7 Å². The topological polar surface area (TPSA) is 102 Å². The number of nitrogens with zero attached hydrogens (tertiary/aromatic N) is 1. The van der Waals surface area contributed by atoms with Crippen LogP contribution in [0.4, 0.5) is 0 Å². The molecule has 1 saturated heterocycles. The molecule has 4 N–H and O–H groups in total. The van der Waals surface area contributed by atoms with Gasteiger partial charge in [-0.15, -0.1) is 0 Å². The van der Waals surface area contributed by atoms with Gasteiger partial charge in [-0.2, -0.15) is 5.43 Å². The van der Waals surface area contributed by atoms with Crippen LogP contribution in [0.2, 0.25) is 0 Å². The molecule has 2 rings (SSSR count). The van der Waals surface area contributed by atoms with E-state index in [1.165, 1.54) is 0 Å². The van der Waals surface area contributed by atoms with Gasteiger partial charge in [0.15, 0.2) is 6.04 Å². The second kappa shape index (κ2) is 11.6. The number of carbonyl (C=O) groups is 2. The lowest BCUT2D eigenvalue weighted by Gasteiger charge is -2.42. The van der Waals surface area contributed by atoms with Crippen molar-refractivity contribution < 1.29 is 24.0 Å². The van der Waals surface area contributed by atoms with Gasteiger partial charge in [-0.25, -0.2) is 9.39 Å². The van der Waals surface area contributed by atoms with Crippen LogP contribution in [0.3, 0.4) is 0 Å². The lowest BCUT2D eigenvalue weighted by atomic mass is 9.99. The zero-order valence-corrected chi connectivity index (χ0v) is 19.4. The zero-order valence-electron chi connectivity index (χ0n) is 19.4. The summed E-state index contributed by atoms with van der Waals surface area (Å²) < 4.78 is 5.86. The quantitative estimate of drug-likeness (QED) is 0.345. The van der Waals surface area contributed by atoms with Crippen molar-refractivity contribution in [2.24, 2.45) is 17.6 Å². The Morgan fingerprint density at radius 3 is 2.52 bits per heavy atom. The fraction of sp³-hybridized carbons (Fsp3) is 0.667. The average Bonchev–Trinajstić information content (AvgIpc) is 3.12. The average molecular weight is 435 g/mol. The van der Waals surface area contributed by atoms with E-state index in [-0.39, 0.29) is 29.1 Å². The van der Waals surface area contributed by atoms with Crippen molar-refractivity contribution in [3.8, 4) is 0 Å². The SMILES string of the molecule is CC[C@H](C)[C@H](N[N+]1(C[C@@H](N)CC(C)C)CCC[C@H]1C(=O)OCc1ccccc1)C(=O)O. The van der Waals surface area contributed by atoms with Gasteiger partial charge in [0.25, 0.3) is 0 Å². The highest BCUT2D eigenvalue weighted by Crippen LogP contribution is 2.29. The first kappa shape index (κ1) is 25.3. The van der Waals surface area contributed by atoms with Gasteiger partial charge in [-0.3, -0.25) is 4.79 Å². The minimum atomic E-state index is -0.896. The van der Waals surface area contributed by atoms with Crippen molar-refractivity contribution in [3.05, 3.63) is 35.9 Å². The number of likely N-dealkylation sites (tertiary alicyclic amines) is 1. The van der Waals surface area contributed by atoms with Gasteiger partial charge >= 0.3 is 11.9 Å². The van der Waals surface area contributed by atoms with Crippen molar-refractivity contribution in [2.45, 2.75) is 78.1 Å². The predicted molar refractivity (Wildman–Crippen MR) is 121 cm³/mol. The summed E-state index contributed by atoms with van der Waals surface area (Å²) in [4.78, 5) is 25.2. The van der Waals surface area contributed by atoms with Crippen LogP contribution in [0.1, 0.15) is 58.9 Å². The first-order valence-corrected chi connectivity index (χ1v) is 11.5. The Hall–Kier alpha value is -1.96. The third-order valence-corrected chi connectivity index (χ3v) is 6.34. The molecule has 0 saturated carbocycles. The van der Waals surface area contributed by atoms with E-state index >= 15 is 0 Å². The van der Waals surface area contributed by atoms with Crippen LogP contribution < -0.4 is 11.2 Å². The van der Waals surface area contributed by atoms with Gasteiger partial charge in [-0.1, -0.05) is 64.4 Å². The Morgan fingerprint density at radius 2 is 1.94 bits per heavy atom. The minimum Gasteiger partial charge on any atom is -0.480 e. The number of carbonyl (C=O) groups excluding carboxylic acids is 1. The van der Waals surface area contributed by atoms with Gasteiger partial charge in [0, 0.05) is 12.8 Å². The molecular formula is C24H40N3O4+. The zero-order chi connectivity index (χ0) is 23.0. The van der Waals surface area contributed by atoms with Crippen molar-refractivity contribution in [1.29, 1.82) is 0 Å². The summed E-state index contributed by atoms with van der Waals surface area (Å²) in [6, 6.07) is 8.23. The lowest BCUT2D eigenvalue weighted by molar-refractivity contribution is -0.976. The molecule has 1 fully saturated rings. The maximum Gasteiger partial charge on any atom is 0.367 e. The summed E-state index contributed by atoms with van der Waals surface area (Å²) >= 11 is 0. The first-order chi connectivity index (χ1) is 14.7. The van der Waals surface area contributed by atoms with E-state index in [1.807, 2.05) is 44.2 Å². The van der Waals surface area contributed by atoms with Crippen LogP contribution in [0, 0.1) is 11.8 Å². The van der Waals surface area contributed by atoms with Gasteiger partial charge in [0.1, 0.15) is 13.2 Å². The Bertz CT molecular complexity index is 712. The van der Waals surface area contributed by atoms with Crippen LogP contribution in [0.25, 0.3) is 0 Å². The molecule has 0 spiro atoms. The smallest absolute Gasteiger partial charge is 0.367 e. The molecule has 1 heterocycles. The highest BCUT2D eigenvalue weighted by Gasteiger charge is 2.51. The second-order valence-electron chi connectivity index (χ2n) is 9.41. The Balaban J connectivity index is 2.25. The Labute approximate surface area is 186 Å². The molecule has 0 bridgehead atoms. The van der Waals surface area contributed by atoms with E-state index in [0.29, 0.717) is 25.4 Å². The van der Waals surface area contributed by atoms with E-state index in [4.69, 9.17) is 10.5 Å². The summed E-state index contributed by atoms with van der Waals surface area (Å²) in [5.41, 5.74) is 10.8. The summed E-state index contributed by atoms with van der Waals surface area (Å²) in [7, 11) is 0. The number of carboxylic acid groups (broad SMARTS) is 1. The monoisotopic (exact) mass is 434 g/mol. The Kier molecular flexibility index (Phi) is 9.47. The minimum absolute atomic E-state index is 0.0737. The fourth-order valence-corrected chi connectivity index (χ4v) is 4.58. The molecule has 0 aliphatic carbocycles. The molecule has 1 aromatic carbocycles.